The number of halogens is 6. The standard InChI is InChI=1S/C26H28F6O2/c1-2-3-4-18-5-10-21(11-6-18)22-12-7-19(8-13-22)17-33-25(28,29)16-20-9-14-24(23(27)15-20)34-26(30,31)32/h2,7-9,12-15,18,21H,1,3-6,10-11,16-17H2. The van der Waals surface area contributed by atoms with Gasteiger partial charge < -0.3 is 9.47 Å². The Morgan fingerprint density at radius 3 is 2.15 bits per heavy atom. The number of allylic oxidation sites excluding steroid dienone is 1. The van der Waals surface area contributed by atoms with Crippen molar-refractivity contribution < 1.29 is 35.8 Å². The lowest BCUT2D eigenvalue weighted by atomic mass is 9.77. The normalized spacial score (nSPS) is 19.1. The second-order valence-electron chi connectivity index (χ2n) is 8.74. The van der Waals surface area contributed by atoms with Crippen LogP contribution in [0.25, 0.3) is 0 Å². The zero-order chi connectivity index (χ0) is 24.8. The molecular formula is C26H28F6O2. The van der Waals surface area contributed by atoms with Gasteiger partial charge in [0.2, 0.25) is 0 Å². The molecule has 3 rings (SSSR count). The number of alkyl halides is 5. The largest absolute Gasteiger partial charge is 0.573 e. The molecule has 0 saturated heterocycles. The summed E-state index contributed by atoms with van der Waals surface area (Å²) in [5.74, 6) is -1.25. The molecule has 1 saturated carbocycles. The van der Waals surface area contributed by atoms with Crippen LogP contribution in [0.1, 0.15) is 61.1 Å². The van der Waals surface area contributed by atoms with Crippen molar-refractivity contribution in [3.63, 3.8) is 0 Å². The van der Waals surface area contributed by atoms with E-state index in [0.29, 0.717) is 23.6 Å². The third kappa shape index (κ3) is 8.08. The summed E-state index contributed by atoms with van der Waals surface area (Å²) in [5.41, 5.74) is 1.55. The zero-order valence-corrected chi connectivity index (χ0v) is 18.7. The highest BCUT2D eigenvalue weighted by molar-refractivity contribution is 5.30. The van der Waals surface area contributed by atoms with E-state index in [1.165, 1.54) is 24.8 Å². The van der Waals surface area contributed by atoms with Crippen molar-refractivity contribution in [2.75, 3.05) is 0 Å². The minimum atomic E-state index is -5.07. The second kappa shape index (κ2) is 11.3. The molecule has 1 fully saturated rings. The fraction of sp³-hybridized carbons (Fsp3) is 0.462. The van der Waals surface area contributed by atoms with Gasteiger partial charge in [-0.25, -0.2) is 4.39 Å². The first-order valence-corrected chi connectivity index (χ1v) is 11.3. The SMILES string of the molecule is C=CCCC1CCC(c2ccc(COC(F)(F)Cc3ccc(OC(F)(F)F)c(F)c3)cc2)CC1. The fourth-order valence-electron chi connectivity index (χ4n) is 4.36. The Morgan fingerprint density at radius 1 is 0.912 bits per heavy atom. The molecule has 0 amide bonds. The zero-order valence-electron chi connectivity index (χ0n) is 18.7. The van der Waals surface area contributed by atoms with E-state index in [1.54, 1.807) is 12.1 Å². The summed E-state index contributed by atoms with van der Waals surface area (Å²) in [5, 5.41) is 0. The highest BCUT2D eigenvalue weighted by Gasteiger charge is 2.34. The van der Waals surface area contributed by atoms with Crippen LogP contribution in [-0.2, 0) is 17.8 Å². The summed E-state index contributed by atoms with van der Waals surface area (Å²) < 4.78 is 87.1. The van der Waals surface area contributed by atoms with Gasteiger partial charge in [-0.1, -0.05) is 36.4 Å². The summed E-state index contributed by atoms with van der Waals surface area (Å²) in [6.45, 7) is 3.43. The van der Waals surface area contributed by atoms with Crippen LogP contribution in [0, 0.1) is 11.7 Å². The molecule has 0 unspecified atom stereocenters. The maximum atomic E-state index is 14.2. The summed E-state index contributed by atoms with van der Waals surface area (Å²) in [7, 11) is 0. The first kappa shape index (κ1) is 26.1. The van der Waals surface area contributed by atoms with Crippen LogP contribution >= 0.6 is 0 Å². The quantitative estimate of drug-likeness (QED) is 0.248. The Morgan fingerprint density at radius 2 is 1.56 bits per heavy atom. The highest BCUT2D eigenvalue weighted by Crippen LogP contribution is 2.37. The maximum absolute atomic E-state index is 14.2. The highest BCUT2D eigenvalue weighted by atomic mass is 19.4. The maximum Gasteiger partial charge on any atom is 0.573 e. The number of benzene rings is 2. The fourth-order valence-corrected chi connectivity index (χ4v) is 4.36. The average Bonchev–Trinajstić information content (AvgIpc) is 2.78. The molecule has 0 radical (unpaired) electrons. The van der Waals surface area contributed by atoms with Crippen molar-refractivity contribution in [1.29, 1.82) is 0 Å². The molecule has 0 N–H and O–H groups in total. The summed E-state index contributed by atoms with van der Waals surface area (Å²) in [6.07, 6.45) is -0.921. The van der Waals surface area contributed by atoms with Crippen molar-refractivity contribution in [2.24, 2.45) is 5.92 Å². The van der Waals surface area contributed by atoms with Crippen LogP contribution in [0.2, 0.25) is 0 Å². The van der Waals surface area contributed by atoms with Crippen LogP contribution in [0.3, 0.4) is 0 Å². The van der Waals surface area contributed by atoms with Gasteiger partial charge in [0, 0.05) is 0 Å². The van der Waals surface area contributed by atoms with Gasteiger partial charge in [-0.3, -0.25) is 0 Å². The molecule has 2 aromatic carbocycles. The summed E-state index contributed by atoms with van der Waals surface area (Å²) in [6, 6.07) is 9.61. The van der Waals surface area contributed by atoms with Crippen molar-refractivity contribution in [2.45, 2.75) is 69.9 Å². The number of hydrogen-bond donors (Lipinski definition) is 0. The third-order valence-corrected chi connectivity index (χ3v) is 6.16. The monoisotopic (exact) mass is 486 g/mol. The molecule has 34 heavy (non-hydrogen) atoms. The van der Waals surface area contributed by atoms with Gasteiger partial charge >= 0.3 is 12.5 Å². The minimum absolute atomic E-state index is 0.212. The van der Waals surface area contributed by atoms with Crippen molar-refractivity contribution in [1.82, 2.24) is 0 Å². The number of ether oxygens (including phenoxy) is 2. The molecule has 186 valence electrons. The van der Waals surface area contributed by atoms with Crippen LogP contribution in [0.5, 0.6) is 5.75 Å². The minimum Gasteiger partial charge on any atom is -0.403 e. The lowest BCUT2D eigenvalue weighted by molar-refractivity contribution is -0.275. The van der Waals surface area contributed by atoms with Gasteiger partial charge in [0.25, 0.3) is 0 Å². The number of rotatable bonds is 10. The number of hydrogen-bond acceptors (Lipinski definition) is 2. The Labute approximate surface area is 195 Å². The van der Waals surface area contributed by atoms with E-state index in [1.807, 2.05) is 18.2 Å². The third-order valence-electron chi connectivity index (χ3n) is 6.16. The topological polar surface area (TPSA) is 18.5 Å². The van der Waals surface area contributed by atoms with E-state index in [0.717, 1.165) is 31.2 Å². The van der Waals surface area contributed by atoms with Crippen LogP contribution in [0.15, 0.2) is 55.1 Å². The molecule has 0 aromatic heterocycles. The first-order valence-electron chi connectivity index (χ1n) is 11.3. The average molecular weight is 486 g/mol. The van der Waals surface area contributed by atoms with E-state index < -0.39 is 30.5 Å². The Balaban J connectivity index is 1.50. The Kier molecular flexibility index (Phi) is 8.68. The van der Waals surface area contributed by atoms with Gasteiger partial charge in [-0.15, -0.1) is 19.8 Å². The molecule has 8 heteroatoms. The molecule has 0 spiro atoms. The molecule has 0 atom stereocenters. The first-order chi connectivity index (χ1) is 16.0. The smallest absolute Gasteiger partial charge is 0.403 e. The molecule has 2 aromatic rings. The molecule has 0 heterocycles. The van der Waals surface area contributed by atoms with Gasteiger partial charge in [0.1, 0.15) is 0 Å². The predicted octanol–water partition coefficient (Wildman–Crippen LogP) is 8.32. The second-order valence-corrected chi connectivity index (χ2v) is 8.74. The Hall–Kier alpha value is -2.48. The summed E-state index contributed by atoms with van der Waals surface area (Å²) >= 11 is 0. The van der Waals surface area contributed by atoms with E-state index >= 15 is 0 Å². The molecular weight excluding hydrogens is 458 g/mol. The van der Waals surface area contributed by atoms with Crippen LogP contribution < -0.4 is 4.74 Å². The van der Waals surface area contributed by atoms with Crippen LogP contribution in [0.4, 0.5) is 26.3 Å². The molecule has 1 aliphatic carbocycles. The Bertz CT molecular complexity index is 931. The molecule has 2 nitrogen and oxygen atoms in total. The van der Waals surface area contributed by atoms with E-state index in [4.69, 9.17) is 4.74 Å². The van der Waals surface area contributed by atoms with Crippen molar-refractivity contribution >= 4 is 0 Å². The lowest BCUT2D eigenvalue weighted by Gasteiger charge is -2.28. The van der Waals surface area contributed by atoms with Gasteiger partial charge in [0.05, 0.1) is 13.0 Å². The lowest BCUT2D eigenvalue weighted by Crippen LogP contribution is -2.24. The summed E-state index contributed by atoms with van der Waals surface area (Å²) in [4.78, 5) is 0. The van der Waals surface area contributed by atoms with Crippen LogP contribution in [-0.4, -0.2) is 12.5 Å². The molecule has 1 aliphatic rings. The predicted molar refractivity (Wildman–Crippen MR) is 117 cm³/mol. The van der Waals surface area contributed by atoms with Gasteiger partial charge in [-0.2, -0.15) is 8.78 Å². The van der Waals surface area contributed by atoms with E-state index in [2.05, 4.69) is 11.3 Å². The van der Waals surface area contributed by atoms with Crippen molar-refractivity contribution in [3.8, 4) is 5.75 Å². The van der Waals surface area contributed by atoms with Crippen molar-refractivity contribution in [3.05, 3.63) is 77.6 Å². The molecule has 0 bridgehead atoms. The molecule has 0 aliphatic heterocycles. The van der Waals surface area contributed by atoms with Gasteiger partial charge in [0.15, 0.2) is 11.6 Å². The van der Waals surface area contributed by atoms with Gasteiger partial charge in [-0.05, 0) is 79.2 Å². The van der Waals surface area contributed by atoms with E-state index in [-0.39, 0.29) is 12.2 Å². The van der Waals surface area contributed by atoms with E-state index in [9.17, 15) is 26.3 Å².